The van der Waals surface area contributed by atoms with E-state index < -0.39 is 16.7 Å². The lowest BCUT2D eigenvalue weighted by atomic mass is 10.1. The molecule has 2 aromatic rings. The third-order valence-electron chi connectivity index (χ3n) is 4.93. The van der Waals surface area contributed by atoms with E-state index in [9.17, 15) is 17.6 Å². The first kappa shape index (κ1) is 26.1. The number of rotatable bonds is 11. The zero-order valence-corrected chi connectivity index (χ0v) is 19.9. The van der Waals surface area contributed by atoms with E-state index in [1.54, 1.807) is 24.3 Å². The first-order valence-corrected chi connectivity index (χ1v) is 12.1. The van der Waals surface area contributed by atoms with E-state index in [0.717, 1.165) is 9.87 Å². The summed E-state index contributed by atoms with van der Waals surface area (Å²) in [5.74, 6) is -0.247. The van der Waals surface area contributed by atoms with Crippen LogP contribution >= 0.6 is 23.2 Å². The lowest BCUT2D eigenvalue weighted by Gasteiger charge is -2.22. The van der Waals surface area contributed by atoms with Gasteiger partial charge in [0.25, 0.3) is 0 Å². The molecule has 0 aromatic heterocycles. The number of halogens is 3. The quantitative estimate of drug-likeness (QED) is 0.461. The van der Waals surface area contributed by atoms with Gasteiger partial charge in [-0.2, -0.15) is 5.26 Å². The van der Waals surface area contributed by atoms with Gasteiger partial charge in [-0.15, -0.1) is 0 Å². The number of sulfonamides is 1. The minimum absolute atomic E-state index is 0.0264. The highest BCUT2D eigenvalue weighted by molar-refractivity contribution is 7.89. The first-order valence-electron chi connectivity index (χ1n) is 9.93. The van der Waals surface area contributed by atoms with Gasteiger partial charge in [-0.25, -0.2) is 17.1 Å². The summed E-state index contributed by atoms with van der Waals surface area (Å²) in [5.41, 5.74) is 1.48. The van der Waals surface area contributed by atoms with Gasteiger partial charge in [0, 0.05) is 33.1 Å². The molecule has 2 rings (SSSR count). The molecular formula is C22H24Cl2FN3O3S. The van der Waals surface area contributed by atoms with Crippen molar-refractivity contribution in [2.45, 2.75) is 24.2 Å². The van der Waals surface area contributed by atoms with E-state index in [1.807, 2.05) is 6.07 Å². The maximum atomic E-state index is 13.0. The highest BCUT2D eigenvalue weighted by Crippen LogP contribution is 2.30. The van der Waals surface area contributed by atoms with Crippen LogP contribution in [0.1, 0.15) is 24.0 Å². The van der Waals surface area contributed by atoms with Gasteiger partial charge in [-0.3, -0.25) is 4.79 Å². The van der Waals surface area contributed by atoms with Gasteiger partial charge in [0.2, 0.25) is 15.9 Å². The van der Waals surface area contributed by atoms with Gasteiger partial charge in [-0.05, 0) is 42.7 Å². The van der Waals surface area contributed by atoms with Crippen LogP contribution in [0.25, 0.3) is 0 Å². The van der Waals surface area contributed by atoms with Crippen molar-refractivity contribution < 1.29 is 17.6 Å². The molecule has 0 radical (unpaired) electrons. The summed E-state index contributed by atoms with van der Waals surface area (Å²) in [4.78, 5) is 13.9. The van der Waals surface area contributed by atoms with Gasteiger partial charge in [0.15, 0.2) is 0 Å². The summed E-state index contributed by atoms with van der Waals surface area (Å²) < 4.78 is 39.6. The SMILES string of the molecule is CN(CCCC(=O)N(CCF)CCc1ccc(C#N)cc1)S(=O)(=O)c1cccc(Cl)c1Cl. The fraction of sp³-hybridized carbons (Fsp3) is 0.364. The Bertz CT molecular complexity index is 1070. The second-order valence-electron chi connectivity index (χ2n) is 7.11. The maximum Gasteiger partial charge on any atom is 0.244 e. The second kappa shape index (κ2) is 12.2. The van der Waals surface area contributed by atoms with E-state index in [1.165, 1.54) is 30.1 Å². The smallest absolute Gasteiger partial charge is 0.244 e. The molecule has 0 atom stereocenters. The molecule has 0 aliphatic carbocycles. The van der Waals surface area contributed by atoms with Crippen LogP contribution in [0.3, 0.4) is 0 Å². The van der Waals surface area contributed by atoms with Crippen molar-refractivity contribution in [3.05, 3.63) is 63.6 Å². The van der Waals surface area contributed by atoms with Crippen molar-refractivity contribution in [2.75, 3.05) is 33.4 Å². The van der Waals surface area contributed by atoms with E-state index in [-0.39, 0.29) is 46.8 Å². The first-order chi connectivity index (χ1) is 15.2. The maximum absolute atomic E-state index is 13.0. The van der Waals surface area contributed by atoms with Crippen molar-refractivity contribution in [1.29, 1.82) is 5.26 Å². The average molecular weight is 500 g/mol. The number of amides is 1. The van der Waals surface area contributed by atoms with Crippen LogP contribution in [0.4, 0.5) is 4.39 Å². The minimum Gasteiger partial charge on any atom is -0.340 e. The zero-order chi connectivity index (χ0) is 23.7. The summed E-state index contributed by atoms with van der Waals surface area (Å²) in [6, 6.07) is 13.4. The Morgan fingerprint density at radius 1 is 1.09 bits per heavy atom. The van der Waals surface area contributed by atoms with Crippen LogP contribution in [0.5, 0.6) is 0 Å². The lowest BCUT2D eigenvalue weighted by molar-refractivity contribution is -0.131. The summed E-state index contributed by atoms with van der Waals surface area (Å²) in [7, 11) is -2.46. The van der Waals surface area contributed by atoms with Gasteiger partial charge < -0.3 is 4.90 Å². The summed E-state index contributed by atoms with van der Waals surface area (Å²) in [6.45, 7) is -0.265. The Labute approximate surface area is 198 Å². The molecule has 1 amide bonds. The predicted octanol–water partition coefficient (Wildman–Crippen LogP) is 4.31. The number of nitriles is 1. The predicted molar refractivity (Wildman–Crippen MR) is 123 cm³/mol. The highest BCUT2D eigenvalue weighted by atomic mass is 35.5. The normalized spacial score (nSPS) is 11.4. The fourth-order valence-electron chi connectivity index (χ4n) is 3.06. The van der Waals surface area contributed by atoms with Gasteiger partial charge in [-0.1, -0.05) is 41.4 Å². The molecule has 0 heterocycles. The molecule has 0 saturated heterocycles. The molecule has 0 saturated carbocycles. The number of alkyl halides is 1. The molecule has 0 unspecified atom stereocenters. The van der Waals surface area contributed by atoms with E-state index in [2.05, 4.69) is 0 Å². The number of carbonyl (C=O) groups excluding carboxylic acids is 1. The highest BCUT2D eigenvalue weighted by Gasteiger charge is 2.25. The molecule has 172 valence electrons. The number of hydrogen-bond donors (Lipinski definition) is 0. The van der Waals surface area contributed by atoms with Crippen LogP contribution in [0, 0.1) is 11.3 Å². The molecule has 0 N–H and O–H groups in total. The fourth-order valence-corrected chi connectivity index (χ4v) is 5.00. The second-order valence-corrected chi connectivity index (χ2v) is 9.91. The van der Waals surface area contributed by atoms with Gasteiger partial charge >= 0.3 is 0 Å². The minimum atomic E-state index is -3.86. The Hall–Kier alpha value is -2.18. The molecule has 32 heavy (non-hydrogen) atoms. The number of carbonyl (C=O) groups is 1. The standard InChI is InChI=1S/C22H24Cl2FN3O3S/c1-27(32(30,31)20-5-2-4-19(23)22(20)24)13-3-6-21(29)28(15-12-25)14-11-17-7-9-18(16-26)10-8-17/h2,4-5,7-10H,3,6,11-15H2,1H3. The summed E-state index contributed by atoms with van der Waals surface area (Å²) in [6.07, 6.45) is 0.877. The summed E-state index contributed by atoms with van der Waals surface area (Å²) in [5, 5.41) is 8.95. The van der Waals surface area contributed by atoms with Crippen molar-refractivity contribution in [1.82, 2.24) is 9.21 Å². The molecule has 0 spiro atoms. The zero-order valence-electron chi connectivity index (χ0n) is 17.6. The molecule has 0 bridgehead atoms. The third-order valence-corrected chi connectivity index (χ3v) is 7.76. The Morgan fingerprint density at radius 2 is 1.78 bits per heavy atom. The molecule has 6 nitrogen and oxygen atoms in total. The van der Waals surface area contributed by atoms with Gasteiger partial charge in [0.1, 0.15) is 11.6 Å². The third kappa shape index (κ3) is 6.91. The number of hydrogen-bond acceptors (Lipinski definition) is 4. The van der Waals surface area contributed by atoms with Crippen LogP contribution < -0.4 is 0 Å². The van der Waals surface area contributed by atoms with Crippen molar-refractivity contribution in [3.63, 3.8) is 0 Å². The number of nitrogens with zero attached hydrogens (tertiary/aromatic N) is 3. The van der Waals surface area contributed by atoms with Crippen molar-refractivity contribution >= 4 is 39.1 Å². The molecule has 0 fully saturated rings. The van der Waals surface area contributed by atoms with Crippen LogP contribution in [-0.2, 0) is 21.2 Å². The molecule has 10 heteroatoms. The van der Waals surface area contributed by atoms with Crippen molar-refractivity contribution in [3.8, 4) is 6.07 Å². The van der Waals surface area contributed by atoms with Crippen LogP contribution in [-0.4, -0.2) is 56.9 Å². The monoisotopic (exact) mass is 499 g/mol. The molecule has 2 aromatic carbocycles. The Balaban J connectivity index is 1.91. The average Bonchev–Trinajstić information content (AvgIpc) is 2.78. The largest absolute Gasteiger partial charge is 0.340 e. The van der Waals surface area contributed by atoms with Gasteiger partial charge in [0.05, 0.1) is 21.7 Å². The van der Waals surface area contributed by atoms with Crippen LogP contribution in [0.15, 0.2) is 47.4 Å². The molecule has 0 aliphatic heterocycles. The van der Waals surface area contributed by atoms with E-state index in [0.29, 0.717) is 18.5 Å². The number of benzene rings is 2. The molecular weight excluding hydrogens is 476 g/mol. The van der Waals surface area contributed by atoms with E-state index >= 15 is 0 Å². The van der Waals surface area contributed by atoms with Crippen LogP contribution in [0.2, 0.25) is 10.0 Å². The van der Waals surface area contributed by atoms with E-state index in [4.69, 9.17) is 28.5 Å². The lowest BCUT2D eigenvalue weighted by Crippen LogP contribution is -2.35. The Morgan fingerprint density at radius 3 is 2.41 bits per heavy atom. The summed E-state index contributed by atoms with van der Waals surface area (Å²) >= 11 is 11.9. The Kier molecular flexibility index (Phi) is 9.91. The molecule has 0 aliphatic rings. The van der Waals surface area contributed by atoms with Crippen molar-refractivity contribution in [2.24, 2.45) is 0 Å². The topological polar surface area (TPSA) is 81.5 Å².